The average molecular weight is 581 g/mol. The van der Waals surface area contributed by atoms with E-state index in [4.69, 9.17) is 0 Å². The van der Waals surface area contributed by atoms with Crippen molar-refractivity contribution in [3.05, 3.63) is 127 Å². The zero-order valence-corrected chi connectivity index (χ0v) is 24.5. The highest BCUT2D eigenvalue weighted by atomic mass is 32.1. The van der Waals surface area contributed by atoms with Crippen LogP contribution in [-0.4, -0.2) is 15.9 Å². The molecule has 2 aliphatic heterocycles. The average Bonchev–Trinajstić information content (AvgIpc) is 3.83. The normalized spacial score (nSPS) is 13.1. The van der Waals surface area contributed by atoms with E-state index in [2.05, 4.69) is 136 Å². The summed E-state index contributed by atoms with van der Waals surface area (Å²) in [7, 11) is 0. The Hall–Kier alpha value is -4.84. The second-order valence-corrected chi connectivity index (χ2v) is 13.7. The molecule has 0 amide bonds. The predicted octanol–water partition coefficient (Wildman–Crippen LogP) is 10.1. The molecule has 6 heterocycles. The first kappa shape index (κ1) is 22.7. The third-order valence-corrected chi connectivity index (χ3v) is 12.1. The maximum absolute atomic E-state index is 2.67. The molecule has 0 aliphatic carbocycles. The van der Waals surface area contributed by atoms with Crippen LogP contribution < -0.4 is 5.46 Å². The van der Waals surface area contributed by atoms with Gasteiger partial charge in [-0.2, -0.15) is 0 Å². The van der Waals surface area contributed by atoms with Crippen LogP contribution in [0.25, 0.3) is 85.4 Å². The number of nitrogens with zero attached hydrogens (tertiary/aromatic N) is 2. The molecule has 4 aromatic heterocycles. The van der Waals surface area contributed by atoms with Crippen LogP contribution in [0.2, 0.25) is 0 Å². The zero-order valence-electron chi connectivity index (χ0n) is 22.9. The molecule has 0 atom stereocenters. The van der Waals surface area contributed by atoms with Gasteiger partial charge in [-0.25, -0.2) is 0 Å². The molecule has 11 rings (SSSR count). The first-order valence-corrected chi connectivity index (χ1v) is 16.4. The van der Waals surface area contributed by atoms with Crippen LogP contribution >= 0.6 is 22.7 Å². The standard InChI is InChI=1S/C38H21BN2S2/c1-3-12-22(13-4-1)35-30-24-16-7-9-20-28(24)40-33(30)37(42-35)26-18-11-19-27-32(26)39(40)41-29-21-10-8-17-25(29)31-34(41)38(27)43-36(31)23-14-5-2-6-15-23/h1-21H. The SMILES string of the molecule is c1ccc(-c2sc3c4c2c2ccccc2n4B2c4c-3cccc4-c3sc(-c4ccccc4)c4c5ccccc5n2c34)cc1. The van der Waals surface area contributed by atoms with Crippen LogP contribution in [0.15, 0.2) is 127 Å². The first-order valence-electron chi connectivity index (χ1n) is 14.7. The molecule has 0 radical (unpaired) electrons. The van der Waals surface area contributed by atoms with Crippen LogP contribution in [0.4, 0.5) is 0 Å². The highest BCUT2D eigenvalue weighted by Gasteiger charge is 2.44. The number of fused-ring (bicyclic) bond motifs is 10. The second-order valence-electron chi connectivity index (χ2n) is 11.6. The zero-order chi connectivity index (χ0) is 27.8. The number of hydrogen-bond acceptors (Lipinski definition) is 2. The fraction of sp³-hybridized carbons (Fsp3) is 0. The number of benzene rings is 5. The minimum absolute atomic E-state index is 0.0347. The summed E-state index contributed by atoms with van der Waals surface area (Å²) in [6, 6.07) is 47.0. The van der Waals surface area contributed by atoms with E-state index < -0.39 is 0 Å². The van der Waals surface area contributed by atoms with Crippen molar-refractivity contribution in [3.63, 3.8) is 0 Å². The number of aromatic nitrogens is 2. The largest absolute Gasteiger partial charge is 0.422 e. The molecule has 0 N–H and O–H groups in total. The van der Waals surface area contributed by atoms with E-state index in [0.717, 1.165) is 0 Å². The van der Waals surface area contributed by atoms with E-state index in [1.165, 1.54) is 90.8 Å². The van der Waals surface area contributed by atoms with Crippen LogP contribution in [0.5, 0.6) is 0 Å². The Morgan fingerprint density at radius 2 is 0.860 bits per heavy atom. The summed E-state index contributed by atoms with van der Waals surface area (Å²) in [6.45, 7) is 0.0347. The quantitative estimate of drug-likeness (QED) is 0.180. The van der Waals surface area contributed by atoms with Gasteiger partial charge in [0.2, 0.25) is 0 Å². The molecule has 0 spiro atoms. The molecule has 9 aromatic rings. The van der Waals surface area contributed by atoms with Gasteiger partial charge in [0.05, 0.1) is 20.8 Å². The van der Waals surface area contributed by atoms with Gasteiger partial charge in [0.1, 0.15) is 0 Å². The maximum atomic E-state index is 2.67. The van der Waals surface area contributed by atoms with Crippen molar-refractivity contribution < 1.29 is 0 Å². The lowest BCUT2D eigenvalue weighted by Crippen LogP contribution is -2.50. The van der Waals surface area contributed by atoms with Crippen LogP contribution in [0.1, 0.15) is 0 Å². The molecule has 198 valence electrons. The molecule has 0 fully saturated rings. The number of thiophene rings is 2. The minimum atomic E-state index is 0.0347. The molecule has 0 unspecified atom stereocenters. The van der Waals surface area contributed by atoms with Gasteiger partial charge in [-0.05, 0) is 39.8 Å². The lowest BCUT2D eigenvalue weighted by molar-refractivity contribution is 1.19. The summed E-state index contributed by atoms with van der Waals surface area (Å²) in [6.07, 6.45) is 0. The number of hydrogen-bond donors (Lipinski definition) is 0. The third kappa shape index (κ3) is 2.67. The molecule has 0 saturated carbocycles. The summed E-state index contributed by atoms with van der Waals surface area (Å²) in [5.41, 5.74) is 12.1. The van der Waals surface area contributed by atoms with E-state index >= 15 is 0 Å². The van der Waals surface area contributed by atoms with Crippen molar-refractivity contribution >= 4 is 78.7 Å². The minimum Gasteiger partial charge on any atom is -0.359 e. The van der Waals surface area contributed by atoms with Gasteiger partial charge in [0, 0.05) is 42.3 Å². The van der Waals surface area contributed by atoms with E-state index in [0.29, 0.717) is 0 Å². The molecule has 2 aliphatic rings. The van der Waals surface area contributed by atoms with Crippen LogP contribution in [0, 0.1) is 0 Å². The van der Waals surface area contributed by atoms with Gasteiger partial charge in [-0.1, -0.05) is 115 Å². The van der Waals surface area contributed by atoms with Crippen molar-refractivity contribution in [2.75, 3.05) is 0 Å². The number of rotatable bonds is 2. The lowest BCUT2D eigenvalue weighted by atomic mass is 9.59. The van der Waals surface area contributed by atoms with E-state index in [1.54, 1.807) is 0 Å². The molecular formula is C38H21BN2S2. The molecular weight excluding hydrogens is 559 g/mol. The second kappa shape index (κ2) is 7.96. The van der Waals surface area contributed by atoms with E-state index in [1.807, 2.05) is 22.7 Å². The van der Waals surface area contributed by atoms with E-state index in [9.17, 15) is 0 Å². The smallest absolute Gasteiger partial charge is 0.359 e. The van der Waals surface area contributed by atoms with Gasteiger partial charge in [0.25, 0.3) is 0 Å². The predicted molar refractivity (Wildman–Crippen MR) is 186 cm³/mol. The van der Waals surface area contributed by atoms with Crippen molar-refractivity contribution in [1.82, 2.24) is 8.96 Å². The van der Waals surface area contributed by atoms with Crippen molar-refractivity contribution in [2.45, 2.75) is 0 Å². The topological polar surface area (TPSA) is 9.86 Å². The van der Waals surface area contributed by atoms with Gasteiger partial charge in [-0.15, -0.1) is 22.7 Å². The lowest BCUT2D eigenvalue weighted by Gasteiger charge is -2.32. The maximum Gasteiger partial charge on any atom is 0.422 e. The Morgan fingerprint density at radius 1 is 0.419 bits per heavy atom. The van der Waals surface area contributed by atoms with Crippen LogP contribution in [0.3, 0.4) is 0 Å². The monoisotopic (exact) mass is 580 g/mol. The summed E-state index contributed by atoms with van der Waals surface area (Å²) in [4.78, 5) is 5.49. The Balaban J connectivity index is 1.36. The highest BCUT2D eigenvalue weighted by Crippen LogP contribution is 2.55. The van der Waals surface area contributed by atoms with Gasteiger partial charge >= 0.3 is 6.98 Å². The number of para-hydroxylation sites is 2. The fourth-order valence-corrected chi connectivity index (χ4v) is 10.6. The Bertz CT molecular complexity index is 2440. The molecule has 5 heteroatoms. The molecule has 5 aromatic carbocycles. The van der Waals surface area contributed by atoms with Gasteiger partial charge in [0.15, 0.2) is 0 Å². The summed E-state index contributed by atoms with van der Waals surface area (Å²) in [5, 5.41) is 5.43. The molecule has 0 bridgehead atoms. The Labute approximate surface area is 255 Å². The summed E-state index contributed by atoms with van der Waals surface area (Å²) >= 11 is 3.91. The van der Waals surface area contributed by atoms with Crippen molar-refractivity contribution in [1.29, 1.82) is 0 Å². The van der Waals surface area contributed by atoms with E-state index in [-0.39, 0.29) is 6.98 Å². The first-order chi connectivity index (χ1) is 21.4. The summed E-state index contributed by atoms with van der Waals surface area (Å²) < 4.78 is 5.34. The summed E-state index contributed by atoms with van der Waals surface area (Å²) in [5.74, 6) is 0. The Kier molecular flexibility index (Phi) is 4.20. The molecule has 0 saturated heterocycles. The third-order valence-electron chi connectivity index (χ3n) is 9.53. The van der Waals surface area contributed by atoms with Crippen LogP contribution in [-0.2, 0) is 0 Å². The van der Waals surface area contributed by atoms with Crippen molar-refractivity contribution in [2.24, 2.45) is 0 Å². The molecule has 2 nitrogen and oxygen atoms in total. The highest BCUT2D eigenvalue weighted by molar-refractivity contribution is 7.22. The van der Waals surface area contributed by atoms with Gasteiger partial charge in [-0.3, -0.25) is 0 Å². The van der Waals surface area contributed by atoms with Gasteiger partial charge < -0.3 is 8.96 Å². The van der Waals surface area contributed by atoms with Crippen molar-refractivity contribution in [3.8, 4) is 41.8 Å². The Morgan fingerprint density at radius 3 is 1.35 bits per heavy atom. The fourth-order valence-electron chi connectivity index (χ4n) is 7.91. The molecule has 43 heavy (non-hydrogen) atoms.